The molecule has 0 aromatic carbocycles. The van der Waals surface area contributed by atoms with Crippen LogP contribution in [0.15, 0.2) is 18.3 Å². The fraction of sp³-hybridized carbons (Fsp3) is 0.250. The summed E-state index contributed by atoms with van der Waals surface area (Å²) in [6, 6.07) is 3.49. The summed E-state index contributed by atoms with van der Waals surface area (Å²) in [5, 5.41) is 0.582. The Bertz CT molecular complexity index is 288. The van der Waals surface area contributed by atoms with Gasteiger partial charge in [-0.05, 0) is 18.6 Å². The fourth-order valence-electron chi connectivity index (χ4n) is 0.844. The first-order chi connectivity index (χ1) is 5.70. The molecular weight excluding hydrogens is 176 g/mol. The number of amides is 1. The number of aromatic nitrogens is 1. The SMILES string of the molecule is NC(=O)CCc1ncccc1Cl. The number of nitrogens with two attached hydrogens (primary N) is 1. The number of primary amides is 1. The van der Waals surface area contributed by atoms with Crippen LogP contribution in [0.5, 0.6) is 0 Å². The van der Waals surface area contributed by atoms with Gasteiger partial charge in [-0.25, -0.2) is 0 Å². The normalized spacial score (nSPS) is 9.75. The van der Waals surface area contributed by atoms with Crippen molar-refractivity contribution in [3.05, 3.63) is 29.0 Å². The van der Waals surface area contributed by atoms with Crippen molar-refractivity contribution in [3.63, 3.8) is 0 Å². The van der Waals surface area contributed by atoms with Crippen molar-refractivity contribution in [2.24, 2.45) is 5.73 Å². The van der Waals surface area contributed by atoms with E-state index in [1.165, 1.54) is 0 Å². The first-order valence-corrected chi connectivity index (χ1v) is 3.95. The number of halogens is 1. The first-order valence-electron chi connectivity index (χ1n) is 3.58. The van der Waals surface area contributed by atoms with E-state index in [0.717, 1.165) is 5.69 Å². The molecular formula is C8H9ClN2O. The maximum Gasteiger partial charge on any atom is 0.217 e. The van der Waals surface area contributed by atoms with Gasteiger partial charge in [-0.1, -0.05) is 11.6 Å². The van der Waals surface area contributed by atoms with Crippen LogP contribution in [-0.2, 0) is 11.2 Å². The Kier molecular flexibility index (Phi) is 3.05. The van der Waals surface area contributed by atoms with Crippen LogP contribution in [0, 0.1) is 0 Å². The minimum atomic E-state index is -0.336. The van der Waals surface area contributed by atoms with Gasteiger partial charge in [-0.2, -0.15) is 0 Å². The second-order valence-corrected chi connectivity index (χ2v) is 2.81. The predicted octanol–water partition coefficient (Wildman–Crippen LogP) is 1.15. The summed E-state index contributed by atoms with van der Waals surface area (Å²) in [4.78, 5) is 14.4. The molecule has 0 aliphatic rings. The molecule has 1 amide bonds. The van der Waals surface area contributed by atoms with Crippen molar-refractivity contribution in [1.82, 2.24) is 4.98 Å². The Hall–Kier alpha value is -1.09. The van der Waals surface area contributed by atoms with Crippen molar-refractivity contribution < 1.29 is 4.79 Å². The van der Waals surface area contributed by atoms with Gasteiger partial charge in [-0.3, -0.25) is 9.78 Å². The van der Waals surface area contributed by atoms with Crippen LogP contribution >= 0.6 is 11.6 Å². The molecule has 1 aromatic heterocycles. The van der Waals surface area contributed by atoms with E-state index in [9.17, 15) is 4.79 Å². The molecule has 3 nitrogen and oxygen atoms in total. The Morgan fingerprint density at radius 3 is 3.00 bits per heavy atom. The minimum Gasteiger partial charge on any atom is -0.370 e. The maximum absolute atomic E-state index is 10.4. The van der Waals surface area contributed by atoms with Crippen molar-refractivity contribution in [3.8, 4) is 0 Å². The summed E-state index contributed by atoms with van der Waals surface area (Å²) in [5.41, 5.74) is 5.70. The average Bonchev–Trinajstić information content (AvgIpc) is 2.03. The standard InChI is InChI=1S/C8H9ClN2O/c9-6-2-1-5-11-7(6)3-4-8(10)12/h1-2,5H,3-4H2,(H2,10,12). The van der Waals surface area contributed by atoms with Crippen molar-refractivity contribution in [2.75, 3.05) is 0 Å². The van der Waals surface area contributed by atoms with E-state index >= 15 is 0 Å². The van der Waals surface area contributed by atoms with E-state index in [2.05, 4.69) is 4.98 Å². The summed E-state index contributed by atoms with van der Waals surface area (Å²) in [6.07, 6.45) is 2.44. The van der Waals surface area contributed by atoms with Crippen molar-refractivity contribution in [1.29, 1.82) is 0 Å². The number of hydrogen-bond donors (Lipinski definition) is 1. The van der Waals surface area contributed by atoms with Crippen LogP contribution in [0.4, 0.5) is 0 Å². The van der Waals surface area contributed by atoms with E-state index in [-0.39, 0.29) is 12.3 Å². The topological polar surface area (TPSA) is 56.0 Å². The molecule has 0 saturated carbocycles. The highest BCUT2D eigenvalue weighted by atomic mass is 35.5. The number of carbonyl (C=O) groups is 1. The summed E-state index contributed by atoms with van der Waals surface area (Å²) >= 11 is 5.79. The molecule has 12 heavy (non-hydrogen) atoms. The molecule has 0 fully saturated rings. The van der Waals surface area contributed by atoms with Crippen molar-refractivity contribution >= 4 is 17.5 Å². The van der Waals surface area contributed by atoms with Crippen LogP contribution in [0.1, 0.15) is 12.1 Å². The van der Waals surface area contributed by atoms with Gasteiger partial charge >= 0.3 is 0 Å². The van der Waals surface area contributed by atoms with E-state index < -0.39 is 0 Å². The maximum atomic E-state index is 10.4. The third-order valence-corrected chi connectivity index (χ3v) is 1.79. The number of carbonyl (C=O) groups excluding carboxylic acids is 1. The quantitative estimate of drug-likeness (QED) is 0.766. The molecule has 0 unspecified atom stereocenters. The largest absolute Gasteiger partial charge is 0.370 e. The highest BCUT2D eigenvalue weighted by Crippen LogP contribution is 2.13. The molecule has 4 heteroatoms. The number of hydrogen-bond acceptors (Lipinski definition) is 2. The smallest absolute Gasteiger partial charge is 0.217 e. The van der Waals surface area contributed by atoms with Gasteiger partial charge in [0.05, 0.1) is 10.7 Å². The second-order valence-electron chi connectivity index (χ2n) is 2.40. The Morgan fingerprint density at radius 2 is 2.42 bits per heavy atom. The lowest BCUT2D eigenvalue weighted by Gasteiger charge is -1.99. The van der Waals surface area contributed by atoms with Gasteiger partial charge in [0.2, 0.25) is 5.91 Å². The molecule has 0 spiro atoms. The van der Waals surface area contributed by atoms with Gasteiger partial charge in [0.15, 0.2) is 0 Å². The van der Waals surface area contributed by atoms with Crippen LogP contribution in [-0.4, -0.2) is 10.9 Å². The Labute approximate surface area is 75.6 Å². The lowest BCUT2D eigenvalue weighted by atomic mass is 10.2. The molecule has 0 bridgehead atoms. The lowest BCUT2D eigenvalue weighted by molar-refractivity contribution is -0.118. The van der Waals surface area contributed by atoms with E-state index in [4.69, 9.17) is 17.3 Å². The van der Waals surface area contributed by atoms with Gasteiger partial charge in [0.1, 0.15) is 0 Å². The van der Waals surface area contributed by atoms with Gasteiger partial charge in [0, 0.05) is 12.6 Å². The third-order valence-electron chi connectivity index (χ3n) is 1.44. The molecule has 1 rings (SSSR count). The second kappa shape index (κ2) is 4.07. The fourth-order valence-corrected chi connectivity index (χ4v) is 1.06. The van der Waals surface area contributed by atoms with Crippen LogP contribution in [0.25, 0.3) is 0 Å². The number of nitrogens with zero attached hydrogens (tertiary/aromatic N) is 1. The molecule has 2 N–H and O–H groups in total. The lowest BCUT2D eigenvalue weighted by Crippen LogP contribution is -2.11. The number of aryl methyl sites for hydroxylation is 1. The molecule has 0 radical (unpaired) electrons. The summed E-state index contributed by atoms with van der Waals surface area (Å²) < 4.78 is 0. The summed E-state index contributed by atoms with van der Waals surface area (Å²) in [5.74, 6) is -0.336. The van der Waals surface area contributed by atoms with Crippen LogP contribution in [0.2, 0.25) is 5.02 Å². The zero-order chi connectivity index (χ0) is 8.97. The van der Waals surface area contributed by atoms with E-state index in [0.29, 0.717) is 11.4 Å². The molecule has 0 aliphatic carbocycles. The summed E-state index contributed by atoms with van der Waals surface area (Å²) in [6.45, 7) is 0. The molecule has 0 aliphatic heterocycles. The average molecular weight is 185 g/mol. The monoisotopic (exact) mass is 184 g/mol. The number of rotatable bonds is 3. The Balaban J connectivity index is 2.63. The van der Waals surface area contributed by atoms with Gasteiger partial charge in [0.25, 0.3) is 0 Å². The summed E-state index contributed by atoms with van der Waals surface area (Å²) in [7, 11) is 0. The van der Waals surface area contributed by atoms with E-state index in [1.54, 1.807) is 18.3 Å². The molecule has 1 aromatic rings. The van der Waals surface area contributed by atoms with Gasteiger partial charge in [-0.15, -0.1) is 0 Å². The van der Waals surface area contributed by atoms with Crippen LogP contribution < -0.4 is 5.73 Å². The van der Waals surface area contributed by atoms with Gasteiger partial charge < -0.3 is 5.73 Å². The molecule has 64 valence electrons. The zero-order valence-corrected chi connectivity index (χ0v) is 7.21. The third kappa shape index (κ3) is 2.51. The molecule has 0 atom stereocenters. The van der Waals surface area contributed by atoms with Crippen molar-refractivity contribution in [2.45, 2.75) is 12.8 Å². The first kappa shape index (κ1) is 9.00. The minimum absolute atomic E-state index is 0.288. The zero-order valence-electron chi connectivity index (χ0n) is 6.46. The highest BCUT2D eigenvalue weighted by molar-refractivity contribution is 6.31. The Morgan fingerprint density at radius 1 is 1.67 bits per heavy atom. The van der Waals surface area contributed by atoms with E-state index in [1.807, 2.05) is 0 Å². The predicted molar refractivity (Wildman–Crippen MR) is 46.8 cm³/mol. The van der Waals surface area contributed by atoms with Crippen LogP contribution in [0.3, 0.4) is 0 Å². The molecule has 0 saturated heterocycles. The highest BCUT2D eigenvalue weighted by Gasteiger charge is 2.01. The number of pyridine rings is 1. The molecule has 1 heterocycles.